The summed E-state index contributed by atoms with van der Waals surface area (Å²) in [4.78, 5) is 38.8. The highest BCUT2D eigenvalue weighted by molar-refractivity contribution is 7.10. The van der Waals surface area contributed by atoms with E-state index in [-0.39, 0.29) is 36.1 Å². The SMILES string of the molecule is CCCOC(=O)C1=C(C)NC2=C(C(=O)C[C@@H](c3cccs3)C2)[C@H]1c1cc(OC)c(O)c([N+](=O)[O-])c1. The number of aromatic hydroxyl groups is 1. The highest BCUT2D eigenvalue weighted by Gasteiger charge is 2.42. The zero-order valence-corrected chi connectivity index (χ0v) is 20.4. The Bertz CT molecular complexity index is 1250. The molecule has 0 saturated heterocycles. The zero-order chi connectivity index (χ0) is 25.3. The lowest BCUT2D eigenvalue weighted by atomic mass is 9.72. The molecule has 0 spiro atoms. The highest BCUT2D eigenvalue weighted by Crippen LogP contribution is 2.49. The number of hydrogen-bond acceptors (Lipinski definition) is 9. The van der Waals surface area contributed by atoms with Crippen molar-refractivity contribution in [3.63, 3.8) is 0 Å². The van der Waals surface area contributed by atoms with Crippen molar-refractivity contribution in [1.82, 2.24) is 5.32 Å². The lowest BCUT2D eigenvalue weighted by Crippen LogP contribution is -2.36. The van der Waals surface area contributed by atoms with Gasteiger partial charge in [-0.25, -0.2) is 4.79 Å². The number of allylic oxidation sites excluding steroid dienone is 3. The van der Waals surface area contributed by atoms with Crippen molar-refractivity contribution in [1.29, 1.82) is 0 Å². The minimum absolute atomic E-state index is 0.000479. The van der Waals surface area contributed by atoms with Gasteiger partial charge in [-0.3, -0.25) is 14.9 Å². The van der Waals surface area contributed by atoms with Crippen LogP contribution in [0.15, 0.2) is 52.2 Å². The number of hydrogen-bond donors (Lipinski definition) is 2. The van der Waals surface area contributed by atoms with Gasteiger partial charge < -0.3 is 19.9 Å². The average Bonchev–Trinajstić information content (AvgIpc) is 3.36. The number of methoxy groups -OCH3 is 1. The Morgan fingerprint density at radius 1 is 1.34 bits per heavy atom. The van der Waals surface area contributed by atoms with Crippen LogP contribution in [-0.4, -0.2) is 35.5 Å². The van der Waals surface area contributed by atoms with Gasteiger partial charge in [0.2, 0.25) is 5.75 Å². The predicted octanol–water partition coefficient (Wildman–Crippen LogP) is 4.69. The number of esters is 1. The Balaban J connectivity index is 1.89. The fraction of sp³-hybridized carbons (Fsp3) is 0.360. The second-order valence-electron chi connectivity index (χ2n) is 8.52. The molecule has 2 heterocycles. The molecule has 0 bridgehead atoms. The number of nitrogens with one attached hydrogen (secondary N) is 1. The number of carbonyl (C=O) groups is 2. The second-order valence-corrected chi connectivity index (χ2v) is 9.50. The minimum Gasteiger partial charge on any atom is -0.500 e. The summed E-state index contributed by atoms with van der Waals surface area (Å²) >= 11 is 1.59. The van der Waals surface area contributed by atoms with Crippen molar-refractivity contribution in [2.24, 2.45) is 0 Å². The molecule has 2 N–H and O–H groups in total. The molecule has 0 amide bonds. The molecule has 1 aliphatic heterocycles. The molecule has 1 aromatic carbocycles. The number of rotatable bonds is 7. The van der Waals surface area contributed by atoms with Crippen LogP contribution in [0.5, 0.6) is 11.5 Å². The maximum atomic E-state index is 13.6. The Kier molecular flexibility index (Phi) is 6.93. The van der Waals surface area contributed by atoms with Gasteiger partial charge in [0.05, 0.1) is 24.2 Å². The fourth-order valence-electron chi connectivity index (χ4n) is 4.72. The Hall–Kier alpha value is -3.66. The van der Waals surface area contributed by atoms with Gasteiger partial charge in [-0.15, -0.1) is 11.3 Å². The maximum absolute atomic E-state index is 13.6. The number of ketones is 1. The number of phenols is 1. The first-order valence-corrected chi connectivity index (χ1v) is 12.1. The van der Waals surface area contributed by atoms with E-state index in [9.17, 15) is 24.8 Å². The smallest absolute Gasteiger partial charge is 0.336 e. The van der Waals surface area contributed by atoms with Crippen molar-refractivity contribution >= 4 is 28.8 Å². The number of nitro benzene ring substituents is 1. The Labute approximate surface area is 206 Å². The van der Waals surface area contributed by atoms with E-state index in [1.165, 1.54) is 19.2 Å². The molecule has 2 atom stereocenters. The van der Waals surface area contributed by atoms with E-state index in [1.54, 1.807) is 18.3 Å². The standard InChI is InChI=1S/C25H26N2O7S/c1-4-7-34-25(30)21-13(2)26-16-9-14(20-6-5-8-35-20)11-18(28)23(16)22(21)15-10-17(27(31)32)24(29)19(12-15)33-3/h5-6,8,10,12,14,22,26,29H,4,7,9,11H2,1-3H3/t14-,22-/m0/s1. The van der Waals surface area contributed by atoms with Crippen molar-refractivity contribution in [3.05, 3.63) is 72.7 Å². The normalized spacial score (nSPS) is 19.8. The summed E-state index contributed by atoms with van der Waals surface area (Å²) in [5, 5.41) is 27.2. The summed E-state index contributed by atoms with van der Waals surface area (Å²) in [5.41, 5.74) is 1.52. The minimum atomic E-state index is -0.902. The number of benzene rings is 1. The van der Waals surface area contributed by atoms with E-state index in [0.29, 0.717) is 35.4 Å². The molecule has 0 unspecified atom stereocenters. The van der Waals surface area contributed by atoms with Gasteiger partial charge in [-0.1, -0.05) is 13.0 Å². The number of dihydropyridines is 1. The van der Waals surface area contributed by atoms with Crippen LogP contribution in [0, 0.1) is 10.1 Å². The van der Waals surface area contributed by atoms with Crippen LogP contribution in [0.1, 0.15) is 55.4 Å². The van der Waals surface area contributed by atoms with Gasteiger partial charge >= 0.3 is 11.7 Å². The molecular weight excluding hydrogens is 472 g/mol. The first-order valence-electron chi connectivity index (χ1n) is 11.3. The lowest BCUT2D eigenvalue weighted by Gasteiger charge is -2.36. The van der Waals surface area contributed by atoms with Crippen LogP contribution in [0.25, 0.3) is 0 Å². The summed E-state index contributed by atoms with van der Waals surface area (Å²) in [6.45, 7) is 3.79. The summed E-state index contributed by atoms with van der Waals surface area (Å²) in [5.74, 6) is -2.39. The molecule has 0 radical (unpaired) electrons. The molecule has 2 aromatic rings. The molecule has 35 heavy (non-hydrogen) atoms. The highest BCUT2D eigenvalue weighted by atomic mass is 32.1. The van der Waals surface area contributed by atoms with E-state index >= 15 is 0 Å². The van der Waals surface area contributed by atoms with E-state index in [4.69, 9.17) is 9.47 Å². The number of nitro groups is 1. The van der Waals surface area contributed by atoms with Gasteiger partial charge in [0, 0.05) is 46.2 Å². The van der Waals surface area contributed by atoms with Gasteiger partial charge in [0.15, 0.2) is 11.5 Å². The van der Waals surface area contributed by atoms with Crippen LogP contribution in [0.2, 0.25) is 0 Å². The molecule has 0 saturated carbocycles. The van der Waals surface area contributed by atoms with Gasteiger partial charge in [-0.05, 0) is 42.8 Å². The van der Waals surface area contributed by atoms with E-state index in [0.717, 1.165) is 4.88 Å². The summed E-state index contributed by atoms with van der Waals surface area (Å²) in [6, 6.07) is 6.57. The van der Waals surface area contributed by atoms with Crippen LogP contribution < -0.4 is 10.1 Å². The number of carbonyl (C=O) groups excluding carboxylic acids is 2. The number of Topliss-reactive ketones (excluding diaryl/α,β-unsaturated/α-hetero) is 1. The number of ether oxygens (including phenoxy) is 2. The number of phenolic OH excluding ortho intramolecular Hbond substituents is 1. The summed E-state index contributed by atoms with van der Waals surface area (Å²) in [6.07, 6.45) is 1.43. The molecule has 2 aliphatic rings. The third-order valence-corrected chi connectivity index (χ3v) is 7.29. The third kappa shape index (κ3) is 4.53. The summed E-state index contributed by atoms with van der Waals surface area (Å²) in [7, 11) is 1.28. The van der Waals surface area contributed by atoms with Gasteiger partial charge in [0.25, 0.3) is 0 Å². The van der Waals surface area contributed by atoms with Crippen molar-refractivity contribution < 1.29 is 29.1 Å². The number of thiophene rings is 1. The monoisotopic (exact) mass is 498 g/mol. The first kappa shape index (κ1) is 24.5. The van der Waals surface area contributed by atoms with E-state index in [1.807, 2.05) is 24.4 Å². The molecule has 1 aromatic heterocycles. The van der Waals surface area contributed by atoms with Crippen LogP contribution >= 0.6 is 11.3 Å². The van der Waals surface area contributed by atoms with Crippen LogP contribution in [-0.2, 0) is 14.3 Å². The van der Waals surface area contributed by atoms with Crippen molar-refractivity contribution in [2.45, 2.75) is 44.9 Å². The van der Waals surface area contributed by atoms with Crippen molar-refractivity contribution in [3.8, 4) is 11.5 Å². The molecule has 1 aliphatic carbocycles. The van der Waals surface area contributed by atoms with Gasteiger partial charge in [0.1, 0.15) is 0 Å². The molecule has 184 valence electrons. The van der Waals surface area contributed by atoms with Crippen LogP contribution in [0.3, 0.4) is 0 Å². The maximum Gasteiger partial charge on any atom is 0.336 e. The van der Waals surface area contributed by atoms with Gasteiger partial charge in [-0.2, -0.15) is 0 Å². The molecule has 9 nitrogen and oxygen atoms in total. The zero-order valence-electron chi connectivity index (χ0n) is 19.6. The quantitative estimate of drug-likeness (QED) is 0.320. The molecule has 10 heteroatoms. The first-order chi connectivity index (χ1) is 16.8. The van der Waals surface area contributed by atoms with Crippen LogP contribution in [0.4, 0.5) is 5.69 Å². The lowest BCUT2D eigenvalue weighted by molar-refractivity contribution is -0.386. The average molecular weight is 499 g/mol. The predicted molar refractivity (Wildman–Crippen MR) is 129 cm³/mol. The fourth-order valence-corrected chi connectivity index (χ4v) is 5.55. The summed E-state index contributed by atoms with van der Waals surface area (Å²) < 4.78 is 10.6. The second kappa shape index (κ2) is 9.91. The molecule has 0 fully saturated rings. The topological polar surface area (TPSA) is 128 Å². The van der Waals surface area contributed by atoms with E-state index in [2.05, 4.69) is 5.32 Å². The number of nitrogens with zero attached hydrogens (tertiary/aromatic N) is 1. The van der Waals surface area contributed by atoms with Crippen molar-refractivity contribution in [2.75, 3.05) is 13.7 Å². The Morgan fingerprint density at radius 2 is 2.11 bits per heavy atom. The van der Waals surface area contributed by atoms with E-state index < -0.39 is 28.2 Å². The Morgan fingerprint density at radius 3 is 2.74 bits per heavy atom. The third-order valence-electron chi connectivity index (χ3n) is 6.26. The molecule has 4 rings (SSSR count). The largest absolute Gasteiger partial charge is 0.500 e. The molecular formula is C25H26N2O7S.